The summed E-state index contributed by atoms with van der Waals surface area (Å²) in [5, 5.41) is 16.5. The van der Waals surface area contributed by atoms with Crippen LogP contribution >= 0.6 is 0 Å². The number of aromatic nitrogens is 3. The first-order valence-corrected chi connectivity index (χ1v) is 5.91. The second-order valence-electron chi connectivity index (χ2n) is 4.15. The Labute approximate surface area is 110 Å². The fourth-order valence-corrected chi connectivity index (χ4v) is 1.68. The molecule has 0 saturated carbocycles. The molecule has 6 nitrogen and oxygen atoms in total. The Bertz CT molecular complexity index is 549. The van der Waals surface area contributed by atoms with Crippen molar-refractivity contribution in [1.82, 2.24) is 15.0 Å². The van der Waals surface area contributed by atoms with Gasteiger partial charge in [-0.05, 0) is 17.7 Å². The Morgan fingerprint density at radius 2 is 2.11 bits per heavy atom. The molecule has 0 saturated heterocycles. The van der Waals surface area contributed by atoms with Crippen LogP contribution < -0.4 is 4.74 Å². The SMILES string of the molecule is COc1ccc(Cn2cc(CCC(=O)O)nn2)cc1. The van der Waals surface area contributed by atoms with Crippen LogP contribution in [0.5, 0.6) is 5.75 Å². The normalized spacial score (nSPS) is 10.4. The number of carboxylic acids is 1. The first-order chi connectivity index (χ1) is 9.17. The van der Waals surface area contributed by atoms with Gasteiger partial charge in [0.1, 0.15) is 5.75 Å². The minimum absolute atomic E-state index is 0.0707. The van der Waals surface area contributed by atoms with Crippen LogP contribution in [0.15, 0.2) is 30.5 Å². The lowest BCUT2D eigenvalue weighted by atomic mass is 10.2. The van der Waals surface area contributed by atoms with Crippen LogP contribution in [0.25, 0.3) is 0 Å². The number of hydrogen-bond donors (Lipinski definition) is 1. The van der Waals surface area contributed by atoms with Crippen LogP contribution in [-0.2, 0) is 17.8 Å². The van der Waals surface area contributed by atoms with Gasteiger partial charge < -0.3 is 9.84 Å². The van der Waals surface area contributed by atoms with Gasteiger partial charge in [0.15, 0.2) is 0 Å². The van der Waals surface area contributed by atoms with Crippen LogP contribution in [-0.4, -0.2) is 33.2 Å². The Morgan fingerprint density at radius 3 is 2.74 bits per heavy atom. The van der Waals surface area contributed by atoms with Gasteiger partial charge in [0.05, 0.1) is 25.8 Å². The van der Waals surface area contributed by atoms with Crippen LogP contribution in [0.1, 0.15) is 17.7 Å². The topological polar surface area (TPSA) is 77.2 Å². The Balaban J connectivity index is 1.96. The monoisotopic (exact) mass is 261 g/mol. The van der Waals surface area contributed by atoms with Gasteiger partial charge in [0, 0.05) is 12.6 Å². The zero-order valence-electron chi connectivity index (χ0n) is 10.6. The van der Waals surface area contributed by atoms with E-state index < -0.39 is 5.97 Å². The standard InChI is InChI=1S/C13H15N3O3/c1-19-12-5-2-10(3-6-12)8-16-9-11(14-15-16)4-7-13(17)18/h2-3,5-6,9H,4,7-8H2,1H3,(H,17,18). The van der Waals surface area contributed by atoms with Gasteiger partial charge in [-0.1, -0.05) is 17.3 Å². The zero-order chi connectivity index (χ0) is 13.7. The van der Waals surface area contributed by atoms with E-state index in [1.807, 2.05) is 24.3 Å². The van der Waals surface area contributed by atoms with Gasteiger partial charge in [0.2, 0.25) is 0 Å². The highest BCUT2D eigenvalue weighted by atomic mass is 16.5. The molecule has 0 aliphatic carbocycles. The molecule has 0 spiro atoms. The number of aryl methyl sites for hydroxylation is 1. The number of benzene rings is 1. The summed E-state index contributed by atoms with van der Waals surface area (Å²) in [7, 11) is 1.63. The summed E-state index contributed by atoms with van der Waals surface area (Å²) in [6, 6.07) is 7.68. The van der Waals surface area contributed by atoms with Crippen molar-refractivity contribution in [2.45, 2.75) is 19.4 Å². The van der Waals surface area contributed by atoms with E-state index in [1.54, 1.807) is 18.0 Å². The molecule has 2 rings (SSSR count). The van der Waals surface area contributed by atoms with E-state index in [-0.39, 0.29) is 6.42 Å². The summed E-state index contributed by atoms with van der Waals surface area (Å²) >= 11 is 0. The quantitative estimate of drug-likeness (QED) is 0.849. The Hall–Kier alpha value is -2.37. The third-order valence-electron chi connectivity index (χ3n) is 2.68. The third-order valence-corrected chi connectivity index (χ3v) is 2.68. The first kappa shape index (κ1) is 13.1. The van der Waals surface area contributed by atoms with Gasteiger partial charge in [-0.15, -0.1) is 5.10 Å². The van der Waals surface area contributed by atoms with E-state index in [1.165, 1.54) is 0 Å². The van der Waals surface area contributed by atoms with Crippen LogP contribution in [0.3, 0.4) is 0 Å². The summed E-state index contributed by atoms with van der Waals surface area (Å²) in [5.41, 5.74) is 1.77. The number of hydrogen-bond acceptors (Lipinski definition) is 4. The molecular formula is C13H15N3O3. The van der Waals surface area contributed by atoms with Crippen molar-refractivity contribution in [3.63, 3.8) is 0 Å². The lowest BCUT2D eigenvalue weighted by Crippen LogP contribution is -2.00. The minimum atomic E-state index is -0.829. The molecule has 0 fully saturated rings. The van der Waals surface area contributed by atoms with Gasteiger partial charge in [-0.2, -0.15) is 0 Å². The van der Waals surface area contributed by atoms with Crippen molar-refractivity contribution in [2.24, 2.45) is 0 Å². The molecule has 0 aliphatic rings. The summed E-state index contributed by atoms with van der Waals surface area (Å²) in [6.45, 7) is 0.601. The minimum Gasteiger partial charge on any atom is -0.497 e. The average Bonchev–Trinajstić information content (AvgIpc) is 2.85. The predicted octanol–water partition coefficient (Wildman–Crippen LogP) is 1.35. The van der Waals surface area contributed by atoms with Crippen molar-refractivity contribution in [2.75, 3.05) is 7.11 Å². The van der Waals surface area contributed by atoms with Crippen molar-refractivity contribution < 1.29 is 14.6 Å². The zero-order valence-corrected chi connectivity index (χ0v) is 10.6. The van der Waals surface area contributed by atoms with Gasteiger partial charge in [-0.25, -0.2) is 4.68 Å². The highest BCUT2D eigenvalue weighted by molar-refractivity contribution is 5.66. The molecule has 19 heavy (non-hydrogen) atoms. The molecule has 1 N–H and O–H groups in total. The van der Waals surface area contributed by atoms with E-state index in [2.05, 4.69) is 10.3 Å². The van der Waals surface area contributed by atoms with Crippen molar-refractivity contribution in [3.8, 4) is 5.75 Å². The van der Waals surface area contributed by atoms with E-state index in [4.69, 9.17) is 9.84 Å². The molecule has 0 unspecified atom stereocenters. The molecule has 2 aromatic rings. The maximum atomic E-state index is 10.5. The number of rotatable bonds is 6. The Morgan fingerprint density at radius 1 is 1.37 bits per heavy atom. The smallest absolute Gasteiger partial charge is 0.303 e. The number of ether oxygens (including phenoxy) is 1. The average molecular weight is 261 g/mol. The number of aliphatic carboxylic acids is 1. The van der Waals surface area contributed by atoms with E-state index >= 15 is 0 Å². The number of carbonyl (C=O) groups is 1. The Kier molecular flexibility index (Phi) is 4.12. The highest BCUT2D eigenvalue weighted by Gasteiger charge is 2.04. The van der Waals surface area contributed by atoms with E-state index in [0.29, 0.717) is 18.7 Å². The number of nitrogens with zero attached hydrogens (tertiary/aromatic N) is 3. The molecule has 1 aromatic heterocycles. The van der Waals surface area contributed by atoms with E-state index in [9.17, 15) is 4.79 Å². The second-order valence-corrected chi connectivity index (χ2v) is 4.15. The van der Waals surface area contributed by atoms with Crippen molar-refractivity contribution >= 4 is 5.97 Å². The predicted molar refractivity (Wildman–Crippen MR) is 68.1 cm³/mol. The third kappa shape index (κ3) is 3.80. The maximum absolute atomic E-state index is 10.5. The molecular weight excluding hydrogens is 246 g/mol. The molecule has 0 bridgehead atoms. The van der Waals surface area contributed by atoms with Gasteiger partial charge in [0.25, 0.3) is 0 Å². The van der Waals surface area contributed by atoms with Gasteiger partial charge >= 0.3 is 5.97 Å². The second kappa shape index (κ2) is 5.99. The molecule has 1 aromatic carbocycles. The van der Waals surface area contributed by atoms with Crippen LogP contribution in [0.4, 0.5) is 0 Å². The number of methoxy groups -OCH3 is 1. The van der Waals surface area contributed by atoms with Crippen LogP contribution in [0, 0.1) is 0 Å². The van der Waals surface area contributed by atoms with E-state index in [0.717, 1.165) is 11.3 Å². The largest absolute Gasteiger partial charge is 0.497 e. The molecule has 100 valence electrons. The van der Waals surface area contributed by atoms with Crippen LogP contribution in [0.2, 0.25) is 0 Å². The highest BCUT2D eigenvalue weighted by Crippen LogP contribution is 2.12. The maximum Gasteiger partial charge on any atom is 0.303 e. The summed E-state index contributed by atoms with van der Waals surface area (Å²) in [6.07, 6.45) is 2.24. The molecule has 1 heterocycles. The molecule has 0 amide bonds. The summed E-state index contributed by atoms with van der Waals surface area (Å²) in [4.78, 5) is 10.5. The first-order valence-electron chi connectivity index (χ1n) is 5.91. The fraction of sp³-hybridized carbons (Fsp3) is 0.308. The van der Waals surface area contributed by atoms with Gasteiger partial charge in [-0.3, -0.25) is 4.79 Å². The molecule has 0 radical (unpaired) electrons. The van der Waals surface area contributed by atoms with Crippen molar-refractivity contribution in [1.29, 1.82) is 0 Å². The molecule has 6 heteroatoms. The lowest BCUT2D eigenvalue weighted by Gasteiger charge is -2.02. The lowest BCUT2D eigenvalue weighted by molar-refractivity contribution is -0.136. The summed E-state index contributed by atoms with van der Waals surface area (Å²) < 4.78 is 6.78. The van der Waals surface area contributed by atoms with Crippen molar-refractivity contribution in [3.05, 3.63) is 41.7 Å². The summed E-state index contributed by atoms with van der Waals surface area (Å²) in [5.74, 6) is -0.0193. The molecule has 0 aliphatic heterocycles. The number of carboxylic acid groups (broad SMARTS) is 1. The fourth-order valence-electron chi connectivity index (χ4n) is 1.68. The molecule has 0 atom stereocenters.